The second-order valence-corrected chi connectivity index (χ2v) is 16.9. The van der Waals surface area contributed by atoms with Crippen LogP contribution in [0.1, 0.15) is 47.7 Å². The third-order valence-electron chi connectivity index (χ3n) is 12.2. The summed E-state index contributed by atoms with van der Waals surface area (Å²) in [7, 11) is 1.71. The van der Waals surface area contributed by atoms with Gasteiger partial charge in [0, 0.05) is 48.8 Å². The monoisotopic (exact) mass is 934 g/mol. The van der Waals surface area contributed by atoms with Crippen LogP contribution in [0, 0.1) is 0 Å². The zero-order chi connectivity index (χ0) is 48.4. The Kier molecular flexibility index (Phi) is 13.6. The van der Waals surface area contributed by atoms with Crippen LogP contribution in [0.25, 0.3) is 0 Å². The van der Waals surface area contributed by atoms with Gasteiger partial charge in [-0.25, -0.2) is 9.59 Å². The van der Waals surface area contributed by atoms with Crippen LogP contribution in [0.5, 0.6) is 0 Å². The van der Waals surface area contributed by atoms with Crippen molar-refractivity contribution in [3.63, 3.8) is 0 Å². The molecule has 7 rings (SSSR count). The van der Waals surface area contributed by atoms with Gasteiger partial charge in [-0.2, -0.15) is 26.3 Å². The number of rotatable bonds is 17. The molecule has 4 aromatic carbocycles. The molecule has 3 aliphatic heterocycles. The molecule has 0 aliphatic carbocycles. The van der Waals surface area contributed by atoms with Crippen molar-refractivity contribution in [2.75, 3.05) is 81.1 Å². The van der Waals surface area contributed by atoms with Crippen LogP contribution >= 0.6 is 0 Å². The summed E-state index contributed by atoms with van der Waals surface area (Å²) in [6, 6.07) is 19.7. The number of aliphatic carboxylic acids is 1. The zero-order valence-corrected chi connectivity index (χ0v) is 36.5. The number of alkyl halides is 6. The lowest BCUT2D eigenvalue weighted by molar-refractivity contribution is -0.901. The molecule has 0 saturated carbocycles. The van der Waals surface area contributed by atoms with E-state index < -0.39 is 53.5 Å². The Hall–Kier alpha value is -7.06. The number of quaternary nitrogens is 1. The molecule has 0 spiro atoms. The van der Waals surface area contributed by atoms with Crippen molar-refractivity contribution in [3.05, 3.63) is 142 Å². The molecule has 0 fully saturated rings. The average molecular weight is 935 g/mol. The number of amides is 4. The minimum atomic E-state index is -4.72. The molecule has 354 valence electrons. The molecule has 8 N–H and O–H groups in total. The third kappa shape index (κ3) is 10.5. The molecule has 67 heavy (non-hydrogen) atoms. The number of nitrogens with one attached hydrogen (secondary N) is 3. The molecular weight excluding hydrogens is 885 g/mol. The van der Waals surface area contributed by atoms with Crippen molar-refractivity contribution in [1.29, 1.82) is 0 Å². The van der Waals surface area contributed by atoms with Gasteiger partial charge in [-0.05, 0) is 78.7 Å². The Balaban J connectivity index is 1.17. The summed E-state index contributed by atoms with van der Waals surface area (Å²) in [5, 5.41) is 19.2. The van der Waals surface area contributed by atoms with E-state index in [0.717, 1.165) is 29.2 Å². The Bertz CT molecular complexity index is 2600. The predicted octanol–water partition coefficient (Wildman–Crippen LogP) is 6.74. The molecular formula is C47H50F6N9O5+. The fourth-order valence-electron chi connectivity index (χ4n) is 8.83. The number of hydrogen-bond donors (Lipinski definition) is 6. The van der Waals surface area contributed by atoms with E-state index in [1.165, 1.54) is 34.1 Å². The largest absolute Gasteiger partial charge is 0.477 e. The van der Waals surface area contributed by atoms with Crippen LogP contribution in [-0.4, -0.2) is 103 Å². The van der Waals surface area contributed by atoms with E-state index in [4.69, 9.17) is 11.5 Å². The predicted molar refractivity (Wildman–Crippen MR) is 239 cm³/mol. The number of anilines is 4. The second kappa shape index (κ2) is 19.0. The molecule has 4 aromatic rings. The Morgan fingerprint density at radius 3 is 2.13 bits per heavy atom. The number of nitrogens with zero attached hydrogens (tertiary/aromatic N) is 4. The van der Waals surface area contributed by atoms with Gasteiger partial charge in [0.05, 0.1) is 79.0 Å². The molecule has 0 bridgehead atoms. The normalized spacial score (nSPS) is 18.1. The minimum Gasteiger partial charge on any atom is -0.477 e. The van der Waals surface area contributed by atoms with E-state index >= 15 is 0 Å². The molecule has 1 unspecified atom stereocenters. The molecule has 14 nitrogen and oxygen atoms in total. The maximum absolute atomic E-state index is 14.8. The first-order valence-electron chi connectivity index (χ1n) is 21.4. The van der Waals surface area contributed by atoms with Crippen molar-refractivity contribution in [1.82, 2.24) is 20.4 Å². The average Bonchev–Trinajstić information content (AvgIpc) is 3.79. The van der Waals surface area contributed by atoms with Gasteiger partial charge in [0.1, 0.15) is 0 Å². The van der Waals surface area contributed by atoms with Crippen molar-refractivity contribution in [2.45, 2.75) is 37.8 Å². The summed E-state index contributed by atoms with van der Waals surface area (Å²) in [5.74, 6) is -1.99. The lowest BCUT2D eigenvalue weighted by atomic mass is 9.93. The number of carbonyl (C=O) groups excluding carboxylic acids is 3. The number of carbonyl (C=O) groups is 4. The maximum Gasteiger partial charge on any atom is 0.416 e. The molecule has 3 aliphatic rings. The van der Waals surface area contributed by atoms with E-state index in [1.54, 1.807) is 62.5 Å². The first-order chi connectivity index (χ1) is 31.7. The Labute approximate surface area is 382 Å². The van der Waals surface area contributed by atoms with E-state index in [0.29, 0.717) is 28.2 Å². The highest BCUT2D eigenvalue weighted by Crippen LogP contribution is 2.44. The van der Waals surface area contributed by atoms with E-state index in [9.17, 15) is 50.6 Å². The van der Waals surface area contributed by atoms with Crippen LogP contribution < -0.4 is 32.3 Å². The molecule has 20 heteroatoms. The number of carboxylic acid groups (broad SMARTS) is 1. The SMILES string of the molecule is CCN1CC2=C(C1=O)[C@@H](c1ccc(N)cc1)N(CCC[N+](C)(CCN[C@@H](C1=C(Nc3cccc(C(F)(F)F)c3)CNC1=O)c1ccc(N)cc1)CC(=O)O)C(=O)N2c1cccc(C(F)(F)F)c1. The standard InChI is InChI=1S/C47H49F6N9O5/c1-3-59-26-37-40(44(59)66)42(29-13-17-33(55)18-14-29)60(45(67)61(37)35-10-5-8-31(24-35)47(51,52)53)20-6-21-62(2,27-38(63)64)22-19-56-41(28-11-15-32(54)16-12-28)39-36(25-57-43(39)65)58-34-9-4-7-30(23-34)46(48,49)50/h4-5,7-18,23-24,41-42,56H,3,6,19-22,25-27,54-55H2,1-2H3,(H2-,57,58,63,64,65)/p+1/t41-,42-,62?/m1/s1. The topological polar surface area (TPSA) is 186 Å². The fraction of sp³-hybridized carbons (Fsp3) is 0.319. The Morgan fingerprint density at radius 1 is 0.881 bits per heavy atom. The van der Waals surface area contributed by atoms with Gasteiger partial charge in [0.15, 0.2) is 6.54 Å². The Morgan fingerprint density at radius 2 is 1.51 bits per heavy atom. The summed E-state index contributed by atoms with van der Waals surface area (Å²) in [6.07, 6.45) is -9.15. The lowest BCUT2D eigenvalue weighted by Crippen LogP contribution is -2.54. The number of halogens is 6. The first-order valence-corrected chi connectivity index (χ1v) is 21.4. The summed E-state index contributed by atoms with van der Waals surface area (Å²) >= 11 is 0. The molecule has 0 saturated heterocycles. The second-order valence-electron chi connectivity index (χ2n) is 16.9. The summed E-state index contributed by atoms with van der Waals surface area (Å²) in [6.45, 7) is 2.00. The number of carboxylic acids is 1. The van der Waals surface area contributed by atoms with Crippen molar-refractivity contribution >= 4 is 46.6 Å². The van der Waals surface area contributed by atoms with E-state index in [2.05, 4.69) is 16.0 Å². The number of nitrogen functional groups attached to an aromatic ring is 2. The maximum atomic E-state index is 14.8. The fourth-order valence-corrected chi connectivity index (χ4v) is 8.83. The number of likely N-dealkylation sites (N-methyl/N-ethyl adjacent to an activating group) is 2. The van der Waals surface area contributed by atoms with Crippen LogP contribution in [0.4, 0.5) is 53.9 Å². The summed E-state index contributed by atoms with van der Waals surface area (Å²) in [4.78, 5) is 59.0. The highest BCUT2D eigenvalue weighted by Gasteiger charge is 2.49. The van der Waals surface area contributed by atoms with Gasteiger partial charge >= 0.3 is 24.4 Å². The van der Waals surface area contributed by atoms with E-state index in [-0.39, 0.29) is 97.4 Å². The first kappa shape index (κ1) is 47.9. The van der Waals surface area contributed by atoms with Gasteiger partial charge in [0.25, 0.3) is 11.8 Å². The summed E-state index contributed by atoms with van der Waals surface area (Å²) in [5.41, 5.74) is 13.2. The highest BCUT2D eigenvalue weighted by atomic mass is 19.4. The number of benzene rings is 4. The third-order valence-corrected chi connectivity index (χ3v) is 12.2. The van der Waals surface area contributed by atoms with Crippen molar-refractivity contribution in [2.24, 2.45) is 0 Å². The highest BCUT2D eigenvalue weighted by molar-refractivity contribution is 6.07. The number of hydrogen-bond acceptors (Lipinski definition) is 8. The molecule has 0 radical (unpaired) electrons. The molecule has 3 atom stereocenters. The van der Waals surface area contributed by atoms with Gasteiger partial charge in [0.2, 0.25) is 0 Å². The van der Waals surface area contributed by atoms with Crippen LogP contribution in [-0.2, 0) is 26.7 Å². The molecule has 3 heterocycles. The van der Waals surface area contributed by atoms with Gasteiger partial charge in [-0.15, -0.1) is 0 Å². The van der Waals surface area contributed by atoms with Gasteiger partial charge in [-0.3, -0.25) is 14.5 Å². The van der Waals surface area contributed by atoms with Crippen LogP contribution in [0.3, 0.4) is 0 Å². The molecule has 0 aromatic heterocycles. The molecule has 4 amide bonds. The van der Waals surface area contributed by atoms with Crippen molar-refractivity contribution in [3.8, 4) is 0 Å². The van der Waals surface area contributed by atoms with E-state index in [1.807, 2.05) is 0 Å². The number of urea groups is 1. The lowest BCUT2D eigenvalue weighted by Gasteiger charge is -2.42. The van der Waals surface area contributed by atoms with Gasteiger partial charge < -0.3 is 46.8 Å². The minimum absolute atomic E-state index is 0.0113. The van der Waals surface area contributed by atoms with Gasteiger partial charge in [-0.1, -0.05) is 36.4 Å². The number of nitrogens with two attached hydrogens (primary N) is 2. The van der Waals surface area contributed by atoms with Crippen LogP contribution in [0.2, 0.25) is 0 Å². The smallest absolute Gasteiger partial charge is 0.416 e. The zero-order valence-electron chi connectivity index (χ0n) is 36.5. The quantitative estimate of drug-likeness (QED) is 0.0379. The summed E-state index contributed by atoms with van der Waals surface area (Å²) < 4.78 is 82.7. The van der Waals surface area contributed by atoms with Crippen LogP contribution in [0.15, 0.2) is 120 Å². The van der Waals surface area contributed by atoms with Crippen molar-refractivity contribution < 1.29 is 55.1 Å².